The monoisotopic (exact) mass is 367 g/mol. The molecule has 1 amide bonds. The third-order valence-corrected chi connectivity index (χ3v) is 4.78. The summed E-state index contributed by atoms with van der Waals surface area (Å²) in [4.78, 5) is 23.3. The number of benzene rings is 1. The maximum Gasteiger partial charge on any atom is 0.270 e. The predicted octanol–water partition coefficient (Wildman–Crippen LogP) is 3.90. The van der Waals surface area contributed by atoms with Gasteiger partial charge in [0.1, 0.15) is 17.3 Å². The molecule has 0 radical (unpaired) electrons. The molecule has 6 heteroatoms. The van der Waals surface area contributed by atoms with Crippen molar-refractivity contribution in [2.45, 2.75) is 46.6 Å². The van der Waals surface area contributed by atoms with Gasteiger partial charge in [-0.25, -0.2) is 9.97 Å². The summed E-state index contributed by atoms with van der Waals surface area (Å²) in [5.41, 5.74) is 2.57. The lowest BCUT2D eigenvalue weighted by atomic mass is 9.99. The fraction of sp³-hybridized carbons (Fsp3) is 0.476. The smallest absolute Gasteiger partial charge is 0.270 e. The zero-order valence-electron chi connectivity index (χ0n) is 16.6. The number of nitrogens with one attached hydrogen (secondary N) is 2. The van der Waals surface area contributed by atoms with Crippen LogP contribution in [0.2, 0.25) is 0 Å². The van der Waals surface area contributed by atoms with Gasteiger partial charge in [-0.2, -0.15) is 0 Å². The second kappa shape index (κ2) is 8.37. The van der Waals surface area contributed by atoms with E-state index in [1.165, 1.54) is 18.5 Å². The van der Waals surface area contributed by atoms with Gasteiger partial charge in [-0.1, -0.05) is 6.92 Å². The largest absolute Gasteiger partial charge is 0.372 e. The third kappa shape index (κ3) is 5.18. The molecule has 1 aromatic carbocycles. The average Bonchev–Trinajstić information content (AvgIpc) is 2.62. The number of hydrogen-bond donors (Lipinski definition) is 2. The maximum atomic E-state index is 12.2. The molecular formula is C21H29N5O. The number of piperidine rings is 1. The molecule has 0 saturated carbocycles. The van der Waals surface area contributed by atoms with Gasteiger partial charge in [0, 0.05) is 36.6 Å². The van der Waals surface area contributed by atoms with Gasteiger partial charge in [0.2, 0.25) is 0 Å². The molecule has 6 nitrogen and oxygen atoms in total. The van der Waals surface area contributed by atoms with Crippen LogP contribution in [0.5, 0.6) is 0 Å². The van der Waals surface area contributed by atoms with Crippen molar-refractivity contribution >= 4 is 23.1 Å². The first kappa shape index (κ1) is 19.1. The second-order valence-electron chi connectivity index (χ2n) is 7.66. The van der Waals surface area contributed by atoms with Gasteiger partial charge in [0.25, 0.3) is 5.91 Å². The van der Waals surface area contributed by atoms with Crippen LogP contribution in [0, 0.1) is 12.8 Å². The molecule has 2 heterocycles. The van der Waals surface area contributed by atoms with Crippen LogP contribution in [-0.4, -0.2) is 35.0 Å². The van der Waals surface area contributed by atoms with Crippen molar-refractivity contribution in [1.82, 2.24) is 15.3 Å². The Kier molecular flexibility index (Phi) is 5.94. The Morgan fingerprint density at radius 2 is 1.81 bits per heavy atom. The highest BCUT2D eigenvalue weighted by Crippen LogP contribution is 2.25. The summed E-state index contributed by atoms with van der Waals surface area (Å²) in [6.07, 6.45) is 2.50. The Labute approximate surface area is 161 Å². The standard InChI is InChI=1S/C21H29N5O/c1-14(2)22-21(27)19-13-20(24-16(4)23-19)25-17-5-7-18(8-6-17)26-11-9-15(3)10-12-26/h5-8,13-15H,9-12H2,1-4H3,(H,22,27)(H,23,24,25). The van der Waals surface area contributed by atoms with Crippen molar-refractivity contribution in [2.75, 3.05) is 23.3 Å². The Bertz CT molecular complexity index is 780. The molecule has 0 unspecified atom stereocenters. The Morgan fingerprint density at radius 3 is 2.44 bits per heavy atom. The van der Waals surface area contributed by atoms with Crippen molar-refractivity contribution < 1.29 is 4.79 Å². The van der Waals surface area contributed by atoms with Crippen LogP contribution in [0.4, 0.5) is 17.2 Å². The van der Waals surface area contributed by atoms with E-state index in [9.17, 15) is 4.79 Å². The van der Waals surface area contributed by atoms with E-state index in [-0.39, 0.29) is 11.9 Å². The van der Waals surface area contributed by atoms with Crippen LogP contribution in [0.15, 0.2) is 30.3 Å². The van der Waals surface area contributed by atoms with Gasteiger partial charge in [-0.15, -0.1) is 0 Å². The lowest BCUT2D eigenvalue weighted by Crippen LogP contribution is -2.32. The van der Waals surface area contributed by atoms with Crippen molar-refractivity contribution in [2.24, 2.45) is 5.92 Å². The lowest BCUT2D eigenvalue weighted by molar-refractivity contribution is 0.0937. The maximum absolute atomic E-state index is 12.2. The molecule has 1 aliphatic heterocycles. The van der Waals surface area contributed by atoms with Gasteiger partial charge in [-0.05, 0) is 63.8 Å². The highest BCUT2D eigenvalue weighted by molar-refractivity contribution is 5.93. The van der Waals surface area contributed by atoms with Crippen LogP contribution in [0.1, 0.15) is 49.9 Å². The zero-order valence-corrected chi connectivity index (χ0v) is 16.6. The Morgan fingerprint density at radius 1 is 1.15 bits per heavy atom. The summed E-state index contributed by atoms with van der Waals surface area (Å²) in [5.74, 6) is 1.82. The number of carbonyl (C=O) groups excluding carboxylic acids is 1. The number of hydrogen-bond acceptors (Lipinski definition) is 5. The highest BCUT2D eigenvalue weighted by Gasteiger charge is 2.16. The molecule has 1 aromatic heterocycles. The minimum atomic E-state index is -0.187. The first-order chi connectivity index (χ1) is 12.9. The summed E-state index contributed by atoms with van der Waals surface area (Å²) in [6.45, 7) is 10.2. The molecule has 1 fully saturated rings. The fourth-order valence-corrected chi connectivity index (χ4v) is 3.25. The van der Waals surface area contributed by atoms with Crippen LogP contribution in [0.3, 0.4) is 0 Å². The number of anilines is 3. The molecule has 144 valence electrons. The van der Waals surface area contributed by atoms with E-state index >= 15 is 0 Å². The number of carbonyl (C=O) groups is 1. The van der Waals surface area contributed by atoms with Crippen LogP contribution in [0.25, 0.3) is 0 Å². The van der Waals surface area contributed by atoms with Crippen LogP contribution in [-0.2, 0) is 0 Å². The highest BCUT2D eigenvalue weighted by atomic mass is 16.1. The van der Waals surface area contributed by atoms with Gasteiger partial charge < -0.3 is 15.5 Å². The molecule has 27 heavy (non-hydrogen) atoms. The summed E-state index contributed by atoms with van der Waals surface area (Å²) in [6, 6.07) is 10.1. The van der Waals surface area contributed by atoms with Crippen LogP contribution >= 0.6 is 0 Å². The average molecular weight is 367 g/mol. The number of nitrogens with zero attached hydrogens (tertiary/aromatic N) is 3. The lowest BCUT2D eigenvalue weighted by Gasteiger charge is -2.32. The summed E-state index contributed by atoms with van der Waals surface area (Å²) < 4.78 is 0. The molecule has 1 saturated heterocycles. The summed E-state index contributed by atoms with van der Waals surface area (Å²) in [5, 5.41) is 6.14. The topological polar surface area (TPSA) is 70.2 Å². The van der Waals surface area contributed by atoms with Gasteiger partial charge in [0.15, 0.2) is 0 Å². The van der Waals surface area contributed by atoms with E-state index in [1.807, 2.05) is 13.8 Å². The summed E-state index contributed by atoms with van der Waals surface area (Å²) in [7, 11) is 0. The molecule has 3 rings (SSSR count). The molecule has 0 spiro atoms. The second-order valence-corrected chi connectivity index (χ2v) is 7.66. The third-order valence-electron chi connectivity index (χ3n) is 4.78. The van der Waals surface area contributed by atoms with E-state index in [1.54, 1.807) is 13.0 Å². The minimum Gasteiger partial charge on any atom is -0.372 e. The van der Waals surface area contributed by atoms with E-state index in [4.69, 9.17) is 0 Å². The van der Waals surface area contributed by atoms with Crippen molar-refractivity contribution in [1.29, 1.82) is 0 Å². The van der Waals surface area contributed by atoms with E-state index in [2.05, 4.69) is 56.7 Å². The first-order valence-electron chi connectivity index (χ1n) is 9.69. The van der Waals surface area contributed by atoms with Gasteiger partial charge in [-0.3, -0.25) is 4.79 Å². The normalized spacial score (nSPS) is 15.1. The van der Waals surface area contributed by atoms with Crippen LogP contribution < -0.4 is 15.5 Å². The van der Waals surface area contributed by atoms with Gasteiger partial charge >= 0.3 is 0 Å². The molecule has 2 N–H and O–H groups in total. The molecule has 1 aliphatic rings. The van der Waals surface area contributed by atoms with E-state index < -0.39 is 0 Å². The molecule has 0 aliphatic carbocycles. The molecule has 2 aromatic rings. The number of amides is 1. The molecule has 0 bridgehead atoms. The fourth-order valence-electron chi connectivity index (χ4n) is 3.25. The predicted molar refractivity (Wildman–Crippen MR) is 110 cm³/mol. The SMILES string of the molecule is Cc1nc(Nc2ccc(N3CCC(C)CC3)cc2)cc(C(=O)NC(C)C)n1. The number of aromatic nitrogens is 2. The summed E-state index contributed by atoms with van der Waals surface area (Å²) >= 11 is 0. The van der Waals surface area contributed by atoms with Crippen molar-refractivity contribution in [3.8, 4) is 0 Å². The zero-order chi connectivity index (χ0) is 19.4. The Balaban J connectivity index is 1.70. The minimum absolute atomic E-state index is 0.0644. The van der Waals surface area contributed by atoms with Gasteiger partial charge in [0.05, 0.1) is 0 Å². The number of rotatable bonds is 5. The Hall–Kier alpha value is -2.63. The first-order valence-corrected chi connectivity index (χ1v) is 9.69. The van der Waals surface area contributed by atoms with Crippen molar-refractivity contribution in [3.63, 3.8) is 0 Å². The van der Waals surface area contributed by atoms with E-state index in [0.717, 1.165) is 24.7 Å². The van der Waals surface area contributed by atoms with E-state index in [0.29, 0.717) is 17.3 Å². The quantitative estimate of drug-likeness (QED) is 0.839. The number of aryl methyl sites for hydroxylation is 1. The molecule has 0 atom stereocenters. The van der Waals surface area contributed by atoms with Crippen molar-refractivity contribution in [3.05, 3.63) is 41.9 Å². The molecular weight excluding hydrogens is 338 g/mol.